The van der Waals surface area contributed by atoms with Gasteiger partial charge in [0, 0.05) is 11.3 Å². The molecule has 1 aromatic rings. The number of allylic oxidation sites excluding steroid dienone is 2. The molecular formula is C12H12OS. The van der Waals surface area contributed by atoms with Gasteiger partial charge in [0.1, 0.15) is 0 Å². The third kappa shape index (κ3) is 1.17. The van der Waals surface area contributed by atoms with Gasteiger partial charge in [0.15, 0.2) is 5.78 Å². The molecule has 0 fully saturated rings. The summed E-state index contributed by atoms with van der Waals surface area (Å²) in [7, 11) is 0. The van der Waals surface area contributed by atoms with Crippen LogP contribution in [0.2, 0.25) is 0 Å². The summed E-state index contributed by atoms with van der Waals surface area (Å²) in [6.45, 7) is 0. The Morgan fingerprint density at radius 1 is 1.29 bits per heavy atom. The van der Waals surface area contributed by atoms with E-state index in [4.69, 9.17) is 0 Å². The summed E-state index contributed by atoms with van der Waals surface area (Å²) in [5.41, 5.74) is 2.68. The molecule has 2 aliphatic rings. The van der Waals surface area contributed by atoms with Crippen molar-refractivity contribution in [3.05, 3.63) is 28.0 Å². The highest BCUT2D eigenvalue weighted by Gasteiger charge is 2.28. The fourth-order valence-corrected chi connectivity index (χ4v) is 3.45. The van der Waals surface area contributed by atoms with E-state index in [9.17, 15) is 4.79 Å². The lowest BCUT2D eigenvalue weighted by Gasteiger charge is -2.28. The zero-order chi connectivity index (χ0) is 9.54. The number of thiophene rings is 1. The average molecular weight is 204 g/mol. The van der Waals surface area contributed by atoms with Crippen molar-refractivity contribution in [3.63, 3.8) is 0 Å². The van der Waals surface area contributed by atoms with E-state index in [-0.39, 0.29) is 0 Å². The number of rotatable bonds is 0. The maximum atomic E-state index is 11.4. The number of carbonyl (C=O) groups is 1. The summed E-state index contributed by atoms with van der Waals surface area (Å²) in [5, 5.41) is 2.15. The molecule has 1 aromatic heterocycles. The summed E-state index contributed by atoms with van der Waals surface area (Å²) >= 11 is 1.83. The normalized spacial score (nSPS) is 25.3. The van der Waals surface area contributed by atoms with E-state index in [1.807, 2.05) is 17.4 Å². The lowest BCUT2D eigenvalue weighted by atomic mass is 9.77. The van der Waals surface area contributed by atoms with Crippen LogP contribution in [0, 0.1) is 5.92 Å². The zero-order valence-electron chi connectivity index (χ0n) is 7.95. The molecule has 1 nitrogen and oxygen atoms in total. The van der Waals surface area contributed by atoms with Crippen molar-refractivity contribution in [1.82, 2.24) is 0 Å². The van der Waals surface area contributed by atoms with Gasteiger partial charge in [0.25, 0.3) is 0 Å². The van der Waals surface area contributed by atoms with Crippen molar-refractivity contribution in [2.24, 2.45) is 5.92 Å². The van der Waals surface area contributed by atoms with Crippen LogP contribution in [0.5, 0.6) is 0 Å². The van der Waals surface area contributed by atoms with Crippen LogP contribution >= 0.6 is 11.3 Å². The van der Waals surface area contributed by atoms with Gasteiger partial charge in [-0.2, -0.15) is 0 Å². The molecule has 1 atom stereocenters. The van der Waals surface area contributed by atoms with Gasteiger partial charge in [-0.1, -0.05) is 0 Å². The zero-order valence-corrected chi connectivity index (χ0v) is 8.77. The fourth-order valence-electron chi connectivity index (χ4n) is 2.53. The Balaban J connectivity index is 2.13. The van der Waals surface area contributed by atoms with E-state index >= 15 is 0 Å². The number of hydrogen-bond acceptors (Lipinski definition) is 2. The van der Waals surface area contributed by atoms with Crippen molar-refractivity contribution < 1.29 is 4.79 Å². The largest absolute Gasteiger partial charge is 0.295 e. The summed E-state index contributed by atoms with van der Waals surface area (Å²) in [5.74, 6) is 0.977. The van der Waals surface area contributed by atoms with Crippen LogP contribution in [0.3, 0.4) is 0 Å². The molecule has 0 bridgehead atoms. The van der Waals surface area contributed by atoms with Crippen molar-refractivity contribution in [3.8, 4) is 0 Å². The topological polar surface area (TPSA) is 17.1 Å². The lowest BCUT2D eigenvalue weighted by Crippen LogP contribution is -2.17. The minimum absolute atomic E-state index is 0.315. The van der Waals surface area contributed by atoms with Crippen molar-refractivity contribution in [2.45, 2.75) is 25.7 Å². The van der Waals surface area contributed by atoms with E-state index in [2.05, 4.69) is 11.4 Å². The number of carbonyl (C=O) groups excluding carboxylic acids is 1. The van der Waals surface area contributed by atoms with Gasteiger partial charge in [-0.15, -0.1) is 11.3 Å². The third-order valence-corrected chi connectivity index (χ3v) is 4.25. The third-order valence-electron chi connectivity index (χ3n) is 3.27. The summed E-state index contributed by atoms with van der Waals surface area (Å²) < 4.78 is 0. The second kappa shape index (κ2) is 3.06. The number of fused-ring (bicyclic) bond motifs is 3. The molecule has 0 N–H and O–H groups in total. The molecule has 2 heteroatoms. The molecule has 72 valence electrons. The highest BCUT2D eigenvalue weighted by Crippen LogP contribution is 2.42. The molecule has 0 saturated heterocycles. The van der Waals surface area contributed by atoms with Crippen molar-refractivity contribution in [2.75, 3.05) is 0 Å². The SMILES string of the molecule is O=C1C=C2c3ccsc3CCC2CC1. The maximum Gasteiger partial charge on any atom is 0.156 e. The Bertz CT molecular complexity index is 414. The molecule has 0 amide bonds. The highest BCUT2D eigenvalue weighted by atomic mass is 32.1. The minimum atomic E-state index is 0.315. The molecule has 1 heterocycles. The molecule has 0 radical (unpaired) electrons. The van der Waals surface area contributed by atoms with Crippen LogP contribution in [-0.2, 0) is 11.2 Å². The number of ketones is 1. The molecule has 0 saturated carbocycles. The van der Waals surface area contributed by atoms with E-state index in [1.54, 1.807) is 0 Å². The van der Waals surface area contributed by atoms with Crippen molar-refractivity contribution >= 4 is 22.7 Å². The fraction of sp³-hybridized carbons (Fsp3) is 0.417. The number of aryl methyl sites for hydroxylation is 1. The first-order valence-corrected chi connectivity index (χ1v) is 6.04. The van der Waals surface area contributed by atoms with Crippen LogP contribution in [0.15, 0.2) is 17.5 Å². The Morgan fingerprint density at radius 3 is 3.07 bits per heavy atom. The maximum absolute atomic E-state index is 11.4. The van der Waals surface area contributed by atoms with Crippen molar-refractivity contribution in [1.29, 1.82) is 0 Å². The van der Waals surface area contributed by atoms with Gasteiger partial charge in [-0.25, -0.2) is 0 Å². The second-order valence-electron chi connectivity index (χ2n) is 4.10. The Kier molecular flexibility index (Phi) is 1.84. The molecule has 14 heavy (non-hydrogen) atoms. The number of hydrogen-bond donors (Lipinski definition) is 0. The molecule has 0 spiro atoms. The summed E-state index contributed by atoms with van der Waals surface area (Å²) in [6.07, 6.45) is 6.17. The van der Waals surface area contributed by atoms with E-state index < -0.39 is 0 Å². The van der Waals surface area contributed by atoms with E-state index in [0.29, 0.717) is 11.7 Å². The van der Waals surface area contributed by atoms with Crippen LogP contribution < -0.4 is 0 Å². The van der Waals surface area contributed by atoms with Gasteiger partial charge in [-0.05, 0) is 53.8 Å². The van der Waals surface area contributed by atoms with Gasteiger partial charge in [-0.3, -0.25) is 4.79 Å². The smallest absolute Gasteiger partial charge is 0.156 e. The first kappa shape index (κ1) is 8.42. The molecule has 0 aliphatic heterocycles. The monoisotopic (exact) mass is 204 g/mol. The molecule has 2 aliphatic carbocycles. The van der Waals surface area contributed by atoms with Crippen LogP contribution in [0.1, 0.15) is 29.7 Å². The van der Waals surface area contributed by atoms with Gasteiger partial charge < -0.3 is 0 Å². The quantitative estimate of drug-likeness (QED) is 0.634. The highest BCUT2D eigenvalue weighted by molar-refractivity contribution is 7.10. The van der Waals surface area contributed by atoms with Gasteiger partial charge >= 0.3 is 0 Å². The Labute approximate surface area is 87.5 Å². The predicted octanol–water partition coefficient (Wildman–Crippen LogP) is 3.06. The first-order valence-electron chi connectivity index (χ1n) is 5.16. The minimum Gasteiger partial charge on any atom is -0.295 e. The van der Waals surface area contributed by atoms with Crippen LogP contribution in [-0.4, -0.2) is 5.78 Å². The predicted molar refractivity (Wildman–Crippen MR) is 58.3 cm³/mol. The van der Waals surface area contributed by atoms with Gasteiger partial charge in [0.2, 0.25) is 0 Å². The van der Waals surface area contributed by atoms with Gasteiger partial charge in [0.05, 0.1) is 0 Å². The summed E-state index contributed by atoms with van der Waals surface area (Å²) in [6, 6.07) is 2.18. The van der Waals surface area contributed by atoms with Crippen LogP contribution in [0.25, 0.3) is 5.57 Å². The molecule has 1 unspecified atom stereocenters. The molecular weight excluding hydrogens is 192 g/mol. The Hall–Kier alpha value is -0.890. The lowest BCUT2D eigenvalue weighted by molar-refractivity contribution is -0.115. The Morgan fingerprint density at radius 2 is 2.14 bits per heavy atom. The molecule has 0 aromatic carbocycles. The van der Waals surface area contributed by atoms with E-state index in [1.165, 1.54) is 28.9 Å². The summed E-state index contributed by atoms with van der Waals surface area (Å²) in [4.78, 5) is 12.9. The first-order chi connectivity index (χ1) is 6.84. The molecule has 3 rings (SSSR count). The second-order valence-corrected chi connectivity index (χ2v) is 5.10. The van der Waals surface area contributed by atoms with E-state index in [0.717, 1.165) is 12.8 Å². The van der Waals surface area contributed by atoms with Crippen LogP contribution in [0.4, 0.5) is 0 Å². The average Bonchev–Trinajstić information content (AvgIpc) is 2.65. The standard InChI is InChI=1S/C12H12OS/c13-9-3-1-8-2-4-12-10(5-6-14-12)11(8)7-9/h5-8H,1-4H2.